The maximum absolute atomic E-state index is 12.5. The van der Waals surface area contributed by atoms with Crippen LogP contribution in [0.15, 0.2) is 18.3 Å². The van der Waals surface area contributed by atoms with Crippen LogP contribution in [-0.4, -0.2) is 24.6 Å². The first kappa shape index (κ1) is 13.8. The summed E-state index contributed by atoms with van der Waals surface area (Å²) in [6.07, 6.45) is -2.46. The standard InChI is InChI=1S/C11H16F3N3/c1-8(15)4-6-17(2)10-7-9(3-5-16-10)11(12,13)14/h3,5,7-8H,4,6,15H2,1-2H3. The first-order chi connectivity index (χ1) is 7.80. The molecule has 0 aromatic carbocycles. The van der Waals surface area contributed by atoms with Crippen LogP contribution in [0.25, 0.3) is 0 Å². The van der Waals surface area contributed by atoms with Gasteiger partial charge < -0.3 is 10.6 Å². The fraction of sp³-hybridized carbons (Fsp3) is 0.545. The lowest BCUT2D eigenvalue weighted by atomic mass is 10.2. The fourth-order valence-corrected chi connectivity index (χ4v) is 1.32. The average Bonchev–Trinajstić information content (AvgIpc) is 2.25. The molecule has 0 bridgehead atoms. The molecule has 0 aliphatic carbocycles. The molecule has 0 amide bonds. The Balaban J connectivity index is 2.77. The van der Waals surface area contributed by atoms with E-state index in [0.29, 0.717) is 18.8 Å². The molecule has 3 nitrogen and oxygen atoms in total. The van der Waals surface area contributed by atoms with Crippen LogP contribution in [0, 0.1) is 0 Å². The zero-order valence-electron chi connectivity index (χ0n) is 9.83. The van der Waals surface area contributed by atoms with E-state index >= 15 is 0 Å². The normalized spacial score (nSPS) is 13.5. The summed E-state index contributed by atoms with van der Waals surface area (Å²) in [4.78, 5) is 5.58. The van der Waals surface area contributed by atoms with Gasteiger partial charge in [-0.15, -0.1) is 0 Å². The van der Waals surface area contributed by atoms with E-state index < -0.39 is 11.7 Å². The van der Waals surface area contributed by atoms with Gasteiger partial charge in [0, 0.05) is 25.8 Å². The minimum absolute atomic E-state index is 0.0169. The SMILES string of the molecule is CC(N)CCN(C)c1cc(C(F)(F)F)ccn1. The molecule has 1 heterocycles. The molecule has 0 saturated carbocycles. The molecule has 1 unspecified atom stereocenters. The number of rotatable bonds is 4. The van der Waals surface area contributed by atoms with Crippen LogP contribution in [-0.2, 0) is 6.18 Å². The number of nitrogens with zero attached hydrogens (tertiary/aromatic N) is 2. The van der Waals surface area contributed by atoms with E-state index in [1.807, 2.05) is 6.92 Å². The molecule has 0 radical (unpaired) electrons. The van der Waals surface area contributed by atoms with Crippen LogP contribution in [0.3, 0.4) is 0 Å². The van der Waals surface area contributed by atoms with E-state index in [9.17, 15) is 13.2 Å². The van der Waals surface area contributed by atoms with E-state index in [1.165, 1.54) is 6.20 Å². The van der Waals surface area contributed by atoms with Crippen molar-refractivity contribution in [3.8, 4) is 0 Å². The zero-order chi connectivity index (χ0) is 13.1. The van der Waals surface area contributed by atoms with Gasteiger partial charge >= 0.3 is 6.18 Å². The van der Waals surface area contributed by atoms with Crippen LogP contribution in [0.4, 0.5) is 19.0 Å². The van der Waals surface area contributed by atoms with Crippen molar-refractivity contribution in [1.29, 1.82) is 0 Å². The lowest BCUT2D eigenvalue weighted by molar-refractivity contribution is -0.137. The summed E-state index contributed by atoms with van der Waals surface area (Å²) in [6.45, 7) is 2.43. The smallest absolute Gasteiger partial charge is 0.360 e. The van der Waals surface area contributed by atoms with Gasteiger partial charge in [-0.1, -0.05) is 0 Å². The summed E-state index contributed by atoms with van der Waals surface area (Å²) in [5, 5.41) is 0. The second-order valence-electron chi connectivity index (χ2n) is 4.09. The van der Waals surface area contributed by atoms with Crippen LogP contribution in [0.5, 0.6) is 0 Å². The Morgan fingerprint density at radius 2 is 2.12 bits per heavy atom. The first-order valence-corrected chi connectivity index (χ1v) is 5.30. The third kappa shape index (κ3) is 4.22. The summed E-state index contributed by atoms with van der Waals surface area (Å²) in [5.74, 6) is 0.306. The van der Waals surface area contributed by atoms with Crippen LogP contribution < -0.4 is 10.6 Å². The molecule has 2 N–H and O–H groups in total. The number of pyridine rings is 1. The fourth-order valence-electron chi connectivity index (χ4n) is 1.32. The van der Waals surface area contributed by atoms with E-state index in [2.05, 4.69) is 4.98 Å². The minimum atomic E-state index is -4.33. The van der Waals surface area contributed by atoms with Crippen molar-refractivity contribution in [1.82, 2.24) is 4.98 Å². The molecule has 1 aromatic rings. The van der Waals surface area contributed by atoms with Crippen molar-refractivity contribution in [3.63, 3.8) is 0 Å². The third-order valence-corrected chi connectivity index (χ3v) is 2.38. The molecule has 0 aliphatic heterocycles. The van der Waals surface area contributed by atoms with Crippen molar-refractivity contribution in [3.05, 3.63) is 23.9 Å². The van der Waals surface area contributed by atoms with Gasteiger partial charge in [-0.25, -0.2) is 4.98 Å². The van der Waals surface area contributed by atoms with E-state index in [4.69, 9.17) is 5.73 Å². The number of alkyl halides is 3. The molecule has 0 spiro atoms. The van der Waals surface area contributed by atoms with Crippen LogP contribution in [0.1, 0.15) is 18.9 Å². The van der Waals surface area contributed by atoms with Crippen LogP contribution in [0.2, 0.25) is 0 Å². The minimum Gasteiger partial charge on any atom is -0.360 e. The van der Waals surface area contributed by atoms with Crippen LogP contribution >= 0.6 is 0 Å². The van der Waals surface area contributed by atoms with Gasteiger partial charge in [0.1, 0.15) is 5.82 Å². The number of nitrogens with two attached hydrogens (primary N) is 1. The van der Waals surface area contributed by atoms with E-state index in [1.54, 1.807) is 11.9 Å². The highest BCUT2D eigenvalue weighted by Gasteiger charge is 2.30. The highest BCUT2D eigenvalue weighted by Crippen LogP contribution is 2.30. The lowest BCUT2D eigenvalue weighted by Gasteiger charge is -2.20. The molecule has 0 aliphatic rings. The predicted molar refractivity (Wildman–Crippen MR) is 60.8 cm³/mol. The van der Waals surface area contributed by atoms with Crippen molar-refractivity contribution >= 4 is 5.82 Å². The molecule has 6 heteroatoms. The Labute approximate surface area is 98.4 Å². The average molecular weight is 247 g/mol. The Morgan fingerprint density at radius 1 is 1.47 bits per heavy atom. The first-order valence-electron chi connectivity index (χ1n) is 5.30. The second-order valence-corrected chi connectivity index (χ2v) is 4.09. The molecular weight excluding hydrogens is 231 g/mol. The Morgan fingerprint density at radius 3 is 2.65 bits per heavy atom. The highest BCUT2D eigenvalue weighted by atomic mass is 19.4. The van der Waals surface area contributed by atoms with Gasteiger partial charge in [-0.2, -0.15) is 13.2 Å². The summed E-state index contributed by atoms with van der Waals surface area (Å²) in [6, 6.07) is 2.02. The van der Waals surface area contributed by atoms with Gasteiger partial charge in [-0.3, -0.25) is 0 Å². The summed E-state index contributed by atoms with van der Waals surface area (Å²) in [7, 11) is 1.70. The zero-order valence-corrected chi connectivity index (χ0v) is 9.83. The molecule has 1 aromatic heterocycles. The van der Waals surface area contributed by atoms with Crippen molar-refractivity contribution in [2.24, 2.45) is 5.73 Å². The molecule has 1 atom stereocenters. The third-order valence-electron chi connectivity index (χ3n) is 2.38. The number of halogens is 3. The van der Waals surface area contributed by atoms with E-state index in [0.717, 1.165) is 12.1 Å². The van der Waals surface area contributed by atoms with Gasteiger partial charge in [0.05, 0.1) is 5.56 Å². The number of hydrogen-bond acceptors (Lipinski definition) is 3. The number of hydrogen-bond donors (Lipinski definition) is 1. The Kier molecular flexibility index (Phi) is 4.34. The van der Waals surface area contributed by atoms with Gasteiger partial charge in [0.2, 0.25) is 0 Å². The van der Waals surface area contributed by atoms with Gasteiger partial charge in [-0.05, 0) is 25.5 Å². The van der Waals surface area contributed by atoms with Crippen molar-refractivity contribution in [2.45, 2.75) is 25.6 Å². The van der Waals surface area contributed by atoms with Gasteiger partial charge in [0.25, 0.3) is 0 Å². The maximum Gasteiger partial charge on any atom is 0.416 e. The maximum atomic E-state index is 12.5. The number of aromatic nitrogens is 1. The molecule has 1 rings (SSSR count). The molecule has 0 saturated heterocycles. The predicted octanol–water partition coefficient (Wildman–Crippen LogP) is 2.27. The molecular formula is C11H16F3N3. The molecule has 96 valence electrons. The summed E-state index contributed by atoms with van der Waals surface area (Å²) >= 11 is 0. The molecule has 0 fully saturated rings. The van der Waals surface area contributed by atoms with Crippen molar-refractivity contribution in [2.75, 3.05) is 18.5 Å². The van der Waals surface area contributed by atoms with Crippen molar-refractivity contribution < 1.29 is 13.2 Å². The largest absolute Gasteiger partial charge is 0.416 e. The Hall–Kier alpha value is -1.30. The summed E-state index contributed by atoms with van der Waals surface area (Å²) in [5.41, 5.74) is 4.91. The monoisotopic (exact) mass is 247 g/mol. The number of anilines is 1. The highest BCUT2D eigenvalue weighted by molar-refractivity contribution is 5.40. The molecule has 17 heavy (non-hydrogen) atoms. The van der Waals surface area contributed by atoms with E-state index in [-0.39, 0.29) is 6.04 Å². The summed E-state index contributed by atoms with van der Waals surface area (Å²) < 4.78 is 37.4. The lowest BCUT2D eigenvalue weighted by Crippen LogP contribution is -2.26. The Bertz CT molecular complexity index is 363. The topological polar surface area (TPSA) is 42.1 Å². The quantitative estimate of drug-likeness (QED) is 0.887. The van der Waals surface area contributed by atoms with Gasteiger partial charge in [0.15, 0.2) is 0 Å². The second kappa shape index (κ2) is 5.35.